The van der Waals surface area contributed by atoms with E-state index in [1.54, 1.807) is 37.4 Å². The number of benzene rings is 3. The van der Waals surface area contributed by atoms with E-state index in [0.717, 1.165) is 5.56 Å². The van der Waals surface area contributed by atoms with Crippen molar-refractivity contribution < 1.29 is 38.0 Å². The van der Waals surface area contributed by atoms with Crippen molar-refractivity contribution >= 4 is 17.4 Å². The average Bonchev–Trinajstić information content (AvgIpc) is 3.20. The van der Waals surface area contributed by atoms with Crippen LogP contribution in [0.15, 0.2) is 66.2 Å². The normalized spacial score (nSPS) is 16.4. The molecule has 0 bridgehead atoms. The number of nitrogens with zero attached hydrogens (tertiary/aromatic N) is 1. The van der Waals surface area contributed by atoms with E-state index < -0.39 is 29.3 Å². The lowest BCUT2D eigenvalue weighted by Crippen LogP contribution is -2.31. The molecule has 0 radical (unpaired) electrons. The molecule has 1 amide bonds. The van der Waals surface area contributed by atoms with Crippen molar-refractivity contribution in [1.29, 1.82) is 0 Å². The molecule has 3 aromatic rings. The van der Waals surface area contributed by atoms with Gasteiger partial charge in [-0.05, 0) is 66.1 Å². The van der Waals surface area contributed by atoms with Gasteiger partial charge in [-0.15, -0.1) is 0 Å². The molecule has 8 nitrogen and oxygen atoms in total. The second-order valence-electron chi connectivity index (χ2n) is 8.55. The fourth-order valence-corrected chi connectivity index (χ4v) is 4.53. The van der Waals surface area contributed by atoms with Gasteiger partial charge in [0, 0.05) is 12.1 Å². The monoisotopic (exact) mass is 521 g/mol. The second-order valence-corrected chi connectivity index (χ2v) is 8.55. The number of amides is 1. The van der Waals surface area contributed by atoms with Crippen LogP contribution >= 0.6 is 0 Å². The maximum absolute atomic E-state index is 13.5. The van der Waals surface area contributed by atoms with Crippen LogP contribution in [0.25, 0.3) is 5.76 Å². The highest BCUT2D eigenvalue weighted by Gasteiger charge is 2.46. The van der Waals surface area contributed by atoms with E-state index in [1.807, 2.05) is 6.07 Å². The number of likely N-dealkylation sites (tertiary alicyclic amines) is 1. The zero-order chi connectivity index (χ0) is 27.4. The summed E-state index contributed by atoms with van der Waals surface area (Å²) in [5.41, 5.74) is 1.52. The fraction of sp³-hybridized carbons (Fsp3) is 0.241. The van der Waals surface area contributed by atoms with E-state index in [-0.39, 0.29) is 17.7 Å². The number of aliphatic hydroxyl groups is 1. The summed E-state index contributed by atoms with van der Waals surface area (Å²) in [5, 5.41) is 11.2. The van der Waals surface area contributed by atoms with Gasteiger partial charge in [-0.3, -0.25) is 9.59 Å². The number of carbonyl (C=O) groups is 2. The molecule has 4 rings (SSSR count). The smallest absolute Gasteiger partial charge is 0.295 e. The van der Waals surface area contributed by atoms with E-state index in [2.05, 4.69) is 0 Å². The molecule has 1 N–H and O–H groups in total. The quantitative estimate of drug-likeness (QED) is 0.251. The molecule has 198 valence electrons. The van der Waals surface area contributed by atoms with Gasteiger partial charge < -0.3 is 29.0 Å². The standard InChI is InChI=1S/C29H28FNO7/c1-35-21-11-5-17(15-23(21)37-3)13-14-31-26(19-8-12-22(36-2)24(16-19)38-4)25(28(33)29(31)34)27(32)18-6-9-20(30)10-7-18/h5-12,15-16,26,32H,13-14H2,1-4H3/t26-/m1/s1. The third-order valence-electron chi connectivity index (χ3n) is 6.47. The molecule has 0 spiro atoms. The molecule has 1 fully saturated rings. The Morgan fingerprint density at radius 2 is 1.39 bits per heavy atom. The van der Waals surface area contributed by atoms with Crippen molar-refractivity contribution in [3.8, 4) is 23.0 Å². The topological polar surface area (TPSA) is 94.5 Å². The summed E-state index contributed by atoms with van der Waals surface area (Å²) in [7, 11) is 6.06. The van der Waals surface area contributed by atoms with Crippen molar-refractivity contribution in [3.63, 3.8) is 0 Å². The summed E-state index contributed by atoms with van der Waals surface area (Å²) in [6.07, 6.45) is 0.397. The number of ketones is 1. The minimum Gasteiger partial charge on any atom is -0.507 e. The minimum absolute atomic E-state index is 0.0962. The highest BCUT2D eigenvalue weighted by atomic mass is 19.1. The van der Waals surface area contributed by atoms with Crippen LogP contribution in [0.5, 0.6) is 23.0 Å². The number of rotatable bonds is 9. The van der Waals surface area contributed by atoms with Gasteiger partial charge >= 0.3 is 0 Å². The Balaban J connectivity index is 1.79. The van der Waals surface area contributed by atoms with Gasteiger partial charge in [-0.1, -0.05) is 12.1 Å². The van der Waals surface area contributed by atoms with Crippen LogP contribution < -0.4 is 18.9 Å². The second kappa shape index (κ2) is 11.2. The molecule has 1 aliphatic heterocycles. The van der Waals surface area contributed by atoms with Gasteiger partial charge in [0.1, 0.15) is 11.6 Å². The van der Waals surface area contributed by atoms with Gasteiger partial charge in [0.25, 0.3) is 11.7 Å². The Bertz CT molecular complexity index is 1380. The van der Waals surface area contributed by atoms with Crippen molar-refractivity contribution in [2.75, 3.05) is 35.0 Å². The Labute approximate surface area is 219 Å². The molecular formula is C29H28FNO7. The van der Waals surface area contributed by atoms with E-state index in [4.69, 9.17) is 18.9 Å². The van der Waals surface area contributed by atoms with Gasteiger partial charge in [0.05, 0.1) is 40.1 Å². The Hall–Kier alpha value is -4.53. The summed E-state index contributed by atoms with van der Waals surface area (Å²) in [6.45, 7) is 0.166. The number of hydrogen-bond donors (Lipinski definition) is 1. The first-order valence-corrected chi connectivity index (χ1v) is 11.8. The van der Waals surface area contributed by atoms with Crippen molar-refractivity contribution in [3.05, 3.63) is 88.7 Å². The number of ether oxygens (including phenoxy) is 4. The van der Waals surface area contributed by atoms with Gasteiger partial charge in [-0.2, -0.15) is 0 Å². The maximum Gasteiger partial charge on any atom is 0.295 e. The lowest BCUT2D eigenvalue weighted by Gasteiger charge is -2.26. The third-order valence-corrected chi connectivity index (χ3v) is 6.47. The fourth-order valence-electron chi connectivity index (χ4n) is 4.53. The summed E-state index contributed by atoms with van der Waals surface area (Å²) >= 11 is 0. The Morgan fingerprint density at radius 3 is 2.00 bits per heavy atom. The first-order chi connectivity index (χ1) is 18.3. The molecule has 1 heterocycles. The highest BCUT2D eigenvalue weighted by molar-refractivity contribution is 6.46. The predicted octanol–water partition coefficient (Wildman–Crippen LogP) is 4.52. The average molecular weight is 522 g/mol. The van der Waals surface area contributed by atoms with Crippen LogP contribution in [-0.2, 0) is 16.0 Å². The van der Waals surface area contributed by atoms with E-state index >= 15 is 0 Å². The molecule has 0 aromatic heterocycles. The van der Waals surface area contributed by atoms with Crippen molar-refractivity contribution in [1.82, 2.24) is 4.90 Å². The number of Topliss-reactive ketones (excluding diaryl/α,β-unsaturated/α-hetero) is 1. The Kier molecular flexibility index (Phi) is 7.85. The van der Waals surface area contributed by atoms with Crippen LogP contribution in [0.1, 0.15) is 22.7 Å². The molecule has 9 heteroatoms. The number of halogens is 1. The van der Waals surface area contributed by atoms with Crippen LogP contribution in [0.2, 0.25) is 0 Å². The van der Waals surface area contributed by atoms with Gasteiger partial charge in [0.2, 0.25) is 0 Å². The SMILES string of the molecule is COc1ccc(CCN2C(=O)C(=O)C(=C(O)c3ccc(F)cc3)[C@H]2c2ccc(OC)c(OC)c2)cc1OC. The summed E-state index contributed by atoms with van der Waals surface area (Å²) in [6, 6.07) is 14.6. The zero-order valence-electron chi connectivity index (χ0n) is 21.5. The number of hydrogen-bond acceptors (Lipinski definition) is 7. The van der Waals surface area contributed by atoms with Crippen molar-refractivity contribution in [2.45, 2.75) is 12.5 Å². The minimum atomic E-state index is -0.917. The lowest BCUT2D eigenvalue weighted by atomic mass is 9.94. The van der Waals surface area contributed by atoms with Crippen LogP contribution in [0.4, 0.5) is 4.39 Å². The number of methoxy groups -OCH3 is 4. The predicted molar refractivity (Wildman–Crippen MR) is 138 cm³/mol. The van der Waals surface area contributed by atoms with Gasteiger partial charge in [-0.25, -0.2) is 4.39 Å². The van der Waals surface area contributed by atoms with E-state index in [9.17, 15) is 19.1 Å². The van der Waals surface area contributed by atoms with Gasteiger partial charge in [0.15, 0.2) is 23.0 Å². The molecule has 1 saturated heterocycles. The molecule has 0 saturated carbocycles. The summed E-state index contributed by atoms with van der Waals surface area (Å²) in [5.74, 6) is -0.492. The van der Waals surface area contributed by atoms with E-state index in [0.29, 0.717) is 35.0 Å². The third kappa shape index (κ3) is 5.00. The van der Waals surface area contributed by atoms with E-state index in [1.165, 1.54) is 50.5 Å². The number of aliphatic hydroxyl groups excluding tert-OH is 1. The molecule has 0 unspecified atom stereocenters. The van der Waals surface area contributed by atoms with Crippen LogP contribution in [0, 0.1) is 5.82 Å². The molecule has 3 aromatic carbocycles. The Morgan fingerprint density at radius 1 is 0.816 bits per heavy atom. The number of carbonyl (C=O) groups excluding carboxylic acids is 2. The molecule has 38 heavy (non-hydrogen) atoms. The van der Waals surface area contributed by atoms with Crippen LogP contribution in [-0.4, -0.2) is 56.7 Å². The molecule has 1 atom stereocenters. The highest BCUT2D eigenvalue weighted by Crippen LogP contribution is 2.42. The zero-order valence-corrected chi connectivity index (χ0v) is 21.5. The van der Waals surface area contributed by atoms with Crippen molar-refractivity contribution in [2.24, 2.45) is 0 Å². The molecular weight excluding hydrogens is 493 g/mol. The first-order valence-electron chi connectivity index (χ1n) is 11.8. The lowest BCUT2D eigenvalue weighted by molar-refractivity contribution is -0.139. The maximum atomic E-state index is 13.5. The molecule has 0 aliphatic carbocycles. The van der Waals surface area contributed by atoms with Crippen LogP contribution in [0.3, 0.4) is 0 Å². The largest absolute Gasteiger partial charge is 0.507 e. The summed E-state index contributed by atoms with van der Waals surface area (Å²) in [4.78, 5) is 28.0. The first kappa shape index (κ1) is 26.5. The summed E-state index contributed by atoms with van der Waals surface area (Å²) < 4.78 is 35.0. The molecule has 1 aliphatic rings.